The van der Waals surface area contributed by atoms with Gasteiger partial charge in [0.2, 0.25) is 5.91 Å². The fourth-order valence-electron chi connectivity index (χ4n) is 1.18. The minimum atomic E-state index is -0.336. The van der Waals surface area contributed by atoms with E-state index in [2.05, 4.69) is 5.32 Å². The summed E-state index contributed by atoms with van der Waals surface area (Å²) in [4.78, 5) is 11.2. The van der Waals surface area contributed by atoms with E-state index in [1.54, 1.807) is 18.2 Å². The number of hydrogen-bond donors (Lipinski definition) is 1. The molecule has 1 aromatic carbocycles. The third kappa shape index (κ3) is 5.70. The van der Waals surface area contributed by atoms with Gasteiger partial charge < -0.3 is 10.1 Å². The van der Waals surface area contributed by atoms with Gasteiger partial charge in [0.15, 0.2) is 0 Å². The van der Waals surface area contributed by atoms with E-state index in [1.165, 1.54) is 18.2 Å². The van der Waals surface area contributed by atoms with E-state index in [-0.39, 0.29) is 11.7 Å². The lowest BCUT2D eigenvalue weighted by Crippen LogP contribution is -2.26. The average molecular weight is 237 g/mol. The van der Waals surface area contributed by atoms with Gasteiger partial charge in [-0.2, -0.15) is 0 Å². The van der Waals surface area contributed by atoms with Crippen LogP contribution in [0.3, 0.4) is 0 Å². The van der Waals surface area contributed by atoms with Crippen molar-refractivity contribution in [2.75, 3.05) is 13.2 Å². The van der Waals surface area contributed by atoms with Gasteiger partial charge in [0, 0.05) is 6.07 Å². The van der Waals surface area contributed by atoms with Crippen LogP contribution < -0.4 is 10.1 Å². The number of rotatable bonds is 6. The number of benzene rings is 1. The van der Waals surface area contributed by atoms with E-state index in [1.807, 2.05) is 6.92 Å². The van der Waals surface area contributed by atoms with E-state index < -0.39 is 0 Å². The van der Waals surface area contributed by atoms with Gasteiger partial charge in [-0.05, 0) is 24.6 Å². The molecule has 17 heavy (non-hydrogen) atoms. The van der Waals surface area contributed by atoms with Crippen LogP contribution in [0.5, 0.6) is 5.75 Å². The number of halogens is 1. The predicted octanol–water partition coefficient (Wildman–Crippen LogP) is 2.29. The van der Waals surface area contributed by atoms with Crippen molar-refractivity contribution in [1.82, 2.24) is 5.32 Å². The van der Waals surface area contributed by atoms with Crippen molar-refractivity contribution in [2.24, 2.45) is 0 Å². The van der Waals surface area contributed by atoms with Crippen molar-refractivity contribution < 1.29 is 13.9 Å². The van der Waals surface area contributed by atoms with Gasteiger partial charge in [-0.3, -0.25) is 4.79 Å². The monoisotopic (exact) mass is 237 g/mol. The molecule has 92 valence electrons. The molecule has 1 N–H and O–H groups in total. The molecule has 3 nitrogen and oxygen atoms in total. The highest BCUT2D eigenvalue weighted by molar-refractivity contribution is 5.87. The Labute approximate surface area is 100 Å². The van der Waals surface area contributed by atoms with Crippen LogP contribution in [0.2, 0.25) is 0 Å². The van der Waals surface area contributed by atoms with Crippen LogP contribution in [0.25, 0.3) is 0 Å². The first kappa shape index (κ1) is 13.2. The Kier molecular flexibility index (Phi) is 5.79. The molecule has 4 heteroatoms. The zero-order valence-corrected chi connectivity index (χ0v) is 9.78. The summed E-state index contributed by atoms with van der Waals surface area (Å²) in [7, 11) is 0. The van der Waals surface area contributed by atoms with Crippen LogP contribution >= 0.6 is 0 Å². The SMILES string of the molecule is CC/C=C\C(=O)NCCOc1cccc(F)c1. The number of hydrogen-bond acceptors (Lipinski definition) is 2. The van der Waals surface area contributed by atoms with Gasteiger partial charge in [0.25, 0.3) is 0 Å². The van der Waals surface area contributed by atoms with Crippen molar-refractivity contribution in [3.05, 3.63) is 42.2 Å². The normalized spacial score (nSPS) is 10.5. The van der Waals surface area contributed by atoms with E-state index in [9.17, 15) is 9.18 Å². The molecule has 0 saturated heterocycles. The van der Waals surface area contributed by atoms with Crippen LogP contribution in [0.15, 0.2) is 36.4 Å². The van der Waals surface area contributed by atoms with Gasteiger partial charge in [0.1, 0.15) is 18.2 Å². The minimum Gasteiger partial charge on any atom is -0.492 e. The van der Waals surface area contributed by atoms with Gasteiger partial charge >= 0.3 is 0 Å². The smallest absolute Gasteiger partial charge is 0.243 e. The first-order valence-electron chi connectivity index (χ1n) is 5.55. The fourth-order valence-corrected chi connectivity index (χ4v) is 1.18. The molecule has 1 aromatic rings. The number of carbonyl (C=O) groups is 1. The van der Waals surface area contributed by atoms with Crippen LogP contribution in [-0.4, -0.2) is 19.1 Å². The largest absolute Gasteiger partial charge is 0.492 e. The van der Waals surface area contributed by atoms with Crippen LogP contribution in [0.4, 0.5) is 4.39 Å². The second kappa shape index (κ2) is 7.44. The maximum absolute atomic E-state index is 12.8. The van der Waals surface area contributed by atoms with E-state index in [0.717, 1.165) is 6.42 Å². The van der Waals surface area contributed by atoms with Crippen LogP contribution in [0.1, 0.15) is 13.3 Å². The van der Waals surface area contributed by atoms with Crippen molar-refractivity contribution in [2.45, 2.75) is 13.3 Å². The summed E-state index contributed by atoms with van der Waals surface area (Å²) in [5, 5.41) is 2.66. The van der Waals surface area contributed by atoms with Crippen LogP contribution in [-0.2, 0) is 4.79 Å². The molecule has 0 spiro atoms. The van der Waals surface area contributed by atoms with Gasteiger partial charge in [-0.25, -0.2) is 4.39 Å². The molecule has 0 atom stereocenters. The number of carbonyl (C=O) groups excluding carboxylic acids is 1. The Hall–Kier alpha value is -1.84. The lowest BCUT2D eigenvalue weighted by atomic mass is 10.3. The molecule has 1 rings (SSSR count). The molecule has 0 unspecified atom stereocenters. The lowest BCUT2D eigenvalue weighted by molar-refractivity contribution is -0.116. The zero-order valence-electron chi connectivity index (χ0n) is 9.78. The lowest BCUT2D eigenvalue weighted by Gasteiger charge is -2.06. The van der Waals surface area contributed by atoms with Crippen molar-refractivity contribution >= 4 is 5.91 Å². The molecule has 0 heterocycles. The van der Waals surface area contributed by atoms with Crippen molar-refractivity contribution in [1.29, 1.82) is 0 Å². The second-order valence-corrected chi connectivity index (χ2v) is 3.41. The molecular weight excluding hydrogens is 221 g/mol. The maximum Gasteiger partial charge on any atom is 0.243 e. The number of ether oxygens (including phenoxy) is 1. The molecule has 0 fully saturated rings. The highest BCUT2D eigenvalue weighted by atomic mass is 19.1. The molecular formula is C13H16FNO2. The zero-order chi connectivity index (χ0) is 12.5. The molecule has 0 saturated carbocycles. The van der Waals surface area contributed by atoms with Crippen LogP contribution in [0, 0.1) is 5.82 Å². The third-order valence-corrected chi connectivity index (χ3v) is 1.97. The van der Waals surface area contributed by atoms with E-state index in [4.69, 9.17) is 4.74 Å². The molecule has 1 amide bonds. The summed E-state index contributed by atoms with van der Waals surface area (Å²) in [6.45, 7) is 2.66. The molecule has 0 aliphatic carbocycles. The van der Waals surface area contributed by atoms with E-state index in [0.29, 0.717) is 18.9 Å². The number of nitrogens with one attached hydrogen (secondary N) is 1. The summed E-state index contributed by atoms with van der Waals surface area (Å²) in [5.41, 5.74) is 0. The summed E-state index contributed by atoms with van der Waals surface area (Å²) in [6, 6.07) is 5.90. The summed E-state index contributed by atoms with van der Waals surface area (Å²) < 4.78 is 18.0. The highest BCUT2D eigenvalue weighted by Gasteiger charge is 1.97. The molecule has 0 aliphatic rings. The minimum absolute atomic E-state index is 0.144. The summed E-state index contributed by atoms with van der Waals surface area (Å²) >= 11 is 0. The maximum atomic E-state index is 12.8. The second-order valence-electron chi connectivity index (χ2n) is 3.41. The summed E-state index contributed by atoms with van der Waals surface area (Å²) in [6.07, 6.45) is 4.10. The summed E-state index contributed by atoms with van der Waals surface area (Å²) in [5.74, 6) is -0.0181. The third-order valence-electron chi connectivity index (χ3n) is 1.97. The Morgan fingerprint density at radius 1 is 1.53 bits per heavy atom. The average Bonchev–Trinajstić information content (AvgIpc) is 2.32. The predicted molar refractivity (Wildman–Crippen MR) is 64.3 cm³/mol. The topological polar surface area (TPSA) is 38.3 Å². The molecule has 0 aromatic heterocycles. The van der Waals surface area contributed by atoms with Gasteiger partial charge in [0.05, 0.1) is 6.54 Å². The highest BCUT2D eigenvalue weighted by Crippen LogP contribution is 2.11. The first-order valence-corrected chi connectivity index (χ1v) is 5.55. The van der Waals surface area contributed by atoms with Gasteiger partial charge in [-0.1, -0.05) is 19.1 Å². The van der Waals surface area contributed by atoms with E-state index >= 15 is 0 Å². The first-order chi connectivity index (χ1) is 8.22. The standard InChI is InChI=1S/C13H16FNO2/c1-2-3-7-13(16)15-8-9-17-12-6-4-5-11(14)10-12/h3-7,10H,2,8-9H2,1H3,(H,15,16)/b7-3-. The van der Waals surface area contributed by atoms with Crippen molar-refractivity contribution in [3.8, 4) is 5.75 Å². The Bertz CT molecular complexity index is 391. The quantitative estimate of drug-likeness (QED) is 0.609. The van der Waals surface area contributed by atoms with Gasteiger partial charge in [-0.15, -0.1) is 0 Å². The molecule has 0 radical (unpaired) electrons. The number of allylic oxidation sites excluding steroid dienone is 1. The Balaban J connectivity index is 2.20. The Morgan fingerprint density at radius 3 is 3.06 bits per heavy atom. The van der Waals surface area contributed by atoms with Crippen molar-refractivity contribution in [3.63, 3.8) is 0 Å². The fraction of sp³-hybridized carbons (Fsp3) is 0.308. The number of amides is 1. The molecule has 0 aliphatic heterocycles. The Morgan fingerprint density at radius 2 is 2.35 bits per heavy atom. The molecule has 0 bridgehead atoms.